The van der Waals surface area contributed by atoms with E-state index in [9.17, 15) is 4.79 Å². The fraction of sp³-hybridized carbons (Fsp3) is 0.375. The summed E-state index contributed by atoms with van der Waals surface area (Å²) in [5, 5.41) is 9.67. The predicted octanol–water partition coefficient (Wildman–Crippen LogP) is 2.82. The number of nitrogens with zero attached hydrogens (tertiary/aromatic N) is 4. The summed E-state index contributed by atoms with van der Waals surface area (Å²) in [7, 11) is 1.61. The molecule has 2 aromatic heterocycles. The fourth-order valence-electron chi connectivity index (χ4n) is 2.55. The molecule has 0 aliphatic rings. The van der Waals surface area contributed by atoms with Gasteiger partial charge in [-0.05, 0) is 33.1 Å². The van der Waals surface area contributed by atoms with Crippen molar-refractivity contribution in [3.63, 3.8) is 0 Å². The van der Waals surface area contributed by atoms with Gasteiger partial charge in [0, 0.05) is 24.0 Å². The van der Waals surface area contributed by atoms with Gasteiger partial charge in [0.05, 0.1) is 11.1 Å². The number of aromatic nitrogens is 4. The molecule has 2 heterocycles. The Hall–Kier alpha value is -2.15. The van der Waals surface area contributed by atoms with Gasteiger partial charge >= 0.3 is 0 Å². The lowest BCUT2D eigenvalue weighted by molar-refractivity contribution is 0.0958. The molecule has 0 spiro atoms. The first kappa shape index (κ1) is 15.7. The molecule has 6 nitrogen and oxygen atoms in total. The maximum Gasteiger partial charge on any atom is 0.272 e. The first-order valence-corrected chi connectivity index (χ1v) is 8.54. The highest BCUT2D eigenvalue weighted by Crippen LogP contribution is 2.31. The van der Waals surface area contributed by atoms with Crippen LogP contribution in [0.3, 0.4) is 0 Å². The van der Waals surface area contributed by atoms with Crippen molar-refractivity contribution in [2.24, 2.45) is 0 Å². The Morgan fingerprint density at radius 3 is 2.65 bits per heavy atom. The monoisotopic (exact) mass is 329 g/mol. The van der Waals surface area contributed by atoms with E-state index >= 15 is 0 Å². The summed E-state index contributed by atoms with van der Waals surface area (Å²) in [6.45, 7) is 6.17. The largest absolute Gasteiger partial charge is 0.354 e. The Morgan fingerprint density at radius 2 is 2.04 bits per heavy atom. The number of rotatable bonds is 2. The van der Waals surface area contributed by atoms with Crippen LogP contribution in [0.15, 0.2) is 23.5 Å². The second kappa shape index (κ2) is 5.49. The third-order valence-electron chi connectivity index (χ3n) is 3.63. The molecule has 1 amide bonds. The molecule has 0 saturated carbocycles. The van der Waals surface area contributed by atoms with Gasteiger partial charge in [0.2, 0.25) is 0 Å². The van der Waals surface area contributed by atoms with Crippen LogP contribution in [0.1, 0.15) is 31.3 Å². The zero-order valence-corrected chi connectivity index (χ0v) is 14.7. The smallest absolute Gasteiger partial charge is 0.272 e. The molecular formula is C16H19N5OS. The predicted molar refractivity (Wildman–Crippen MR) is 93.0 cm³/mol. The van der Waals surface area contributed by atoms with E-state index in [0.717, 1.165) is 21.8 Å². The van der Waals surface area contributed by atoms with Crippen LogP contribution in [-0.4, -0.2) is 39.0 Å². The highest BCUT2D eigenvalue weighted by atomic mass is 32.2. The number of carbonyl (C=O) groups excluding carboxylic acids is 1. The molecular weight excluding hydrogens is 310 g/mol. The van der Waals surface area contributed by atoms with Gasteiger partial charge in [-0.1, -0.05) is 17.8 Å². The summed E-state index contributed by atoms with van der Waals surface area (Å²) in [4.78, 5) is 21.2. The molecule has 0 bridgehead atoms. The number of benzene rings is 1. The molecule has 0 aliphatic heterocycles. The lowest BCUT2D eigenvalue weighted by Crippen LogP contribution is -2.25. The van der Waals surface area contributed by atoms with Crippen molar-refractivity contribution in [2.45, 2.75) is 31.5 Å². The zero-order chi connectivity index (χ0) is 16.8. The summed E-state index contributed by atoms with van der Waals surface area (Å²) >= 11 is 1.49. The SMILES string of the molecule is CNC(=O)c1nn(C(C)(C)C)c2c1ccc1cnc(SC)nc12. The molecule has 0 atom stereocenters. The Labute approximate surface area is 138 Å². The molecule has 3 rings (SSSR count). The first-order chi connectivity index (χ1) is 10.9. The van der Waals surface area contributed by atoms with E-state index in [4.69, 9.17) is 0 Å². The van der Waals surface area contributed by atoms with Gasteiger partial charge < -0.3 is 5.32 Å². The average Bonchev–Trinajstić information content (AvgIpc) is 2.93. The van der Waals surface area contributed by atoms with E-state index in [2.05, 4.69) is 41.2 Å². The number of hydrogen-bond donors (Lipinski definition) is 1. The zero-order valence-electron chi connectivity index (χ0n) is 13.8. The highest BCUT2D eigenvalue weighted by Gasteiger charge is 2.25. The van der Waals surface area contributed by atoms with Crippen molar-refractivity contribution >= 4 is 39.5 Å². The van der Waals surface area contributed by atoms with Crippen molar-refractivity contribution in [2.75, 3.05) is 13.3 Å². The van der Waals surface area contributed by atoms with E-state index in [-0.39, 0.29) is 11.4 Å². The number of amides is 1. The van der Waals surface area contributed by atoms with Crippen LogP contribution in [0.5, 0.6) is 0 Å². The molecule has 120 valence electrons. The molecule has 1 aromatic carbocycles. The van der Waals surface area contributed by atoms with Crippen molar-refractivity contribution in [3.05, 3.63) is 24.0 Å². The third kappa shape index (κ3) is 2.55. The second-order valence-corrected chi connectivity index (χ2v) is 7.04. The molecule has 23 heavy (non-hydrogen) atoms. The molecule has 0 unspecified atom stereocenters. The van der Waals surface area contributed by atoms with Crippen LogP contribution in [-0.2, 0) is 5.54 Å². The van der Waals surface area contributed by atoms with E-state index in [0.29, 0.717) is 10.9 Å². The van der Waals surface area contributed by atoms with E-state index in [1.807, 2.05) is 29.3 Å². The Kier molecular flexibility index (Phi) is 3.75. The topological polar surface area (TPSA) is 72.7 Å². The third-order valence-corrected chi connectivity index (χ3v) is 4.19. The lowest BCUT2D eigenvalue weighted by Gasteiger charge is -2.21. The van der Waals surface area contributed by atoms with Crippen LogP contribution >= 0.6 is 11.8 Å². The van der Waals surface area contributed by atoms with Crippen molar-refractivity contribution in [3.8, 4) is 0 Å². The van der Waals surface area contributed by atoms with Crippen molar-refractivity contribution in [1.82, 2.24) is 25.1 Å². The van der Waals surface area contributed by atoms with Crippen LogP contribution < -0.4 is 5.32 Å². The summed E-state index contributed by atoms with van der Waals surface area (Å²) < 4.78 is 1.88. The maximum absolute atomic E-state index is 12.2. The maximum atomic E-state index is 12.2. The van der Waals surface area contributed by atoms with Gasteiger partial charge in [-0.15, -0.1) is 0 Å². The minimum Gasteiger partial charge on any atom is -0.354 e. The number of fused-ring (bicyclic) bond motifs is 3. The highest BCUT2D eigenvalue weighted by molar-refractivity contribution is 7.98. The Bertz CT molecular complexity index is 910. The Morgan fingerprint density at radius 1 is 1.30 bits per heavy atom. The fourth-order valence-corrected chi connectivity index (χ4v) is 2.89. The second-order valence-electron chi connectivity index (χ2n) is 6.27. The van der Waals surface area contributed by atoms with Crippen molar-refractivity contribution < 1.29 is 4.79 Å². The number of hydrogen-bond acceptors (Lipinski definition) is 5. The molecule has 0 fully saturated rings. The molecule has 0 aliphatic carbocycles. The van der Waals surface area contributed by atoms with Crippen molar-refractivity contribution in [1.29, 1.82) is 0 Å². The summed E-state index contributed by atoms with van der Waals surface area (Å²) in [5.41, 5.74) is 1.83. The normalized spacial score (nSPS) is 12.0. The van der Waals surface area contributed by atoms with Crippen LogP contribution in [0.4, 0.5) is 0 Å². The molecule has 0 saturated heterocycles. The van der Waals surface area contributed by atoms with Gasteiger partial charge in [-0.25, -0.2) is 9.97 Å². The lowest BCUT2D eigenvalue weighted by atomic mass is 10.1. The summed E-state index contributed by atoms with van der Waals surface area (Å²) in [6, 6.07) is 3.85. The summed E-state index contributed by atoms with van der Waals surface area (Å²) in [6.07, 6.45) is 3.76. The van der Waals surface area contributed by atoms with Crippen LogP contribution in [0.25, 0.3) is 21.8 Å². The minimum atomic E-state index is -0.275. The van der Waals surface area contributed by atoms with Gasteiger partial charge in [0.15, 0.2) is 10.9 Å². The standard InChI is InChI=1S/C16H19N5OS/c1-16(2,3)21-13-10(12(20-21)14(22)17-4)7-6-9-8-18-15(23-5)19-11(9)13/h6-8H,1-5H3,(H,17,22). The summed E-state index contributed by atoms with van der Waals surface area (Å²) in [5.74, 6) is -0.198. The van der Waals surface area contributed by atoms with Gasteiger partial charge in [0.1, 0.15) is 5.52 Å². The molecule has 0 radical (unpaired) electrons. The Balaban J connectivity index is 2.48. The quantitative estimate of drug-likeness (QED) is 0.578. The van der Waals surface area contributed by atoms with Gasteiger partial charge in [0.25, 0.3) is 5.91 Å². The average molecular weight is 329 g/mol. The van der Waals surface area contributed by atoms with Crippen LogP contribution in [0, 0.1) is 0 Å². The van der Waals surface area contributed by atoms with Gasteiger partial charge in [-0.2, -0.15) is 5.10 Å². The molecule has 3 aromatic rings. The number of nitrogens with one attached hydrogen (secondary N) is 1. The number of carbonyl (C=O) groups is 1. The minimum absolute atomic E-state index is 0.198. The van der Waals surface area contributed by atoms with E-state index in [1.54, 1.807) is 7.05 Å². The van der Waals surface area contributed by atoms with Gasteiger partial charge in [-0.3, -0.25) is 9.48 Å². The van der Waals surface area contributed by atoms with E-state index in [1.165, 1.54) is 11.8 Å². The molecule has 1 N–H and O–H groups in total. The number of thioether (sulfide) groups is 1. The first-order valence-electron chi connectivity index (χ1n) is 7.32. The van der Waals surface area contributed by atoms with E-state index < -0.39 is 0 Å². The van der Waals surface area contributed by atoms with Crippen LogP contribution in [0.2, 0.25) is 0 Å². The molecule has 7 heteroatoms.